The van der Waals surface area contributed by atoms with E-state index in [0.717, 1.165) is 6.42 Å². The van der Waals surface area contributed by atoms with Gasteiger partial charge in [-0.3, -0.25) is 9.48 Å². The number of halogens is 1. The van der Waals surface area contributed by atoms with Crippen molar-refractivity contribution in [1.29, 1.82) is 0 Å². The number of carboxylic acid groups (broad SMARTS) is 1. The maximum atomic E-state index is 11.4. The van der Waals surface area contributed by atoms with E-state index in [1.807, 2.05) is 13.8 Å². The van der Waals surface area contributed by atoms with Gasteiger partial charge in [0.15, 0.2) is 0 Å². The Balaban J connectivity index is 2.74. The summed E-state index contributed by atoms with van der Waals surface area (Å²) in [7, 11) is 0. The first kappa shape index (κ1) is 15.0. The lowest BCUT2D eigenvalue weighted by Gasteiger charge is -2.29. The Hall–Kier alpha value is -1.07. The zero-order valence-corrected chi connectivity index (χ0v) is 11.7. The summed E-state index contributed by atoms with van der Waals surface area (Å²) in [5, 5.41) is 17.1. The van der Waals surface area contributed by atoms with Crippen LogP contribution in [0.5, 0.6) is 0 Å². The molecule has 1 aromatic rings. The lowest BCUT2D eigenvalue weighted by molar-refractivity contribution is -0.144. The summed E-state index contributed by atoms with van der Waals surface area (Å²) in [6.45, 7) is 6.31. The van der Waals surface area contributed by atoms with Crippen LogP contribution in [0.4, 0.5) is 0 Å². The van der Waals surface area contributed by atoms with Gasteiger partial charge in [-0.2, -0.15) is 5.10 Å². The minimum Gasteiger partial charge on any atom is -0.480 e. The summed E-state index contributed by atoms with van der Waals surface area (Å²) in [4.78, 5) is 11.4. The second kappa shape index (κ2) is 6.20. The molecule has 1 rings (SSSR count). The van der Waals surface area contributed by atoms with Crippen LogP contribution in [0.1, 0.15) is 39.7 Å². The number of nitrogens with one attached hydrogen (secondary N) is 1. The van der Waals surface area contributed by atoms with Gasteiger partial charge in [0.2, 0.25) is 0 Å². The van der Waals surface area contributed by atoms with Crippen LogP contribution in [0, 0.1) is 0 Å². The van der Waals surface area contributed by atoms with Crippen LogP contribution in [0.3, 0.4) is 0 Å². The number of aliphatic carboxylic acids is 1. The number of aromatic nitrogens is 2. The molecule has 0 bridgehead atoms. The fourth-order valence-corrected chi connectivity index (χ4v) is 2.02. The summed E-state index contributed by atoms with van der Waals surface area (Å²) < 4.78 is 1.69. The van der Waals surface area contributed by atoms with Gasteiger partial charge in [0.05, 0.1) is 17.3 Å². The molecule has 18 heavy (non-hydrogen) atoms. The van der Waals surface area contributed by atoms with Gasteiger partial charge >= 0.3 is 5.97 Å². The van der Waals surface area contributed by atoms with Crippen LogP contribution in [0.15, 0.2) is 12.4 Å². The number of hydrogen-bond donors (Lipinski definition) is 2. The molecule has 1 aromatic heterocycles. The summed E-state index contributed by atoms with van der Waals surface area (Å²) in [6.07, 6.45) is 4.59. The Kier molecular flexibility index (Phi) is 5.16. The van der Waals surface area contributed by atoms with Crippen LogP contribution in [0.25, 0.3) is 0 Å². The smallest absolute Gasteiger partial charge is 0.323 e. The molecular weight excluding hydrogens is 254 g/mol. The second-order valence-electron chi connectivity index (χ2n) is 4.76. The molecule has 6 heteroatoms. The molecule has 0 aliphatic carbocycles. The highest BCUT2D eigenvalue weighted by atomic mass is 35.5. The normalized spacial score (nSPS) is 16.2. The fourth-order valence-electron chi connectivity index (χ4n) is 1.88. The van der Waals surface area contributed by atoms with E-state index in [0.29, 0.717) is 18.0 Å². The molecule has 2 atom stereocenters. The molecule has 0 radical (unpaired) electrons. The summed E-state index contributed by atoms with van der Waals surface area (Å²) in [5.74, 6) is -0.846. The third-order valence-electron chi connectivity index (χ3n) is 2.96. The van der Waals surface area contributed by atoms with Crippen molar-refractivity contribution in [2.24, 2.45) is 0 Å². The van der Waals surface area contributed by atoms with Crippen LogP contribution in [-0.4, -0.2) is 32.9 Å². The molecule has 0 fully saturated rings. The van der Waals surface area contributed by atoms with Crippen LogP contribution in [0.2, 0.25) is 5.02 Å². The molecule has 1 heterocycles. The van der Waals surface area contributed by atoms with Gasteiger partial charge < -0.3 is 10.4 Å². The van der Waals surface area contributed by atoms with E-state index in [4.69, 9.17) is 11.6 Å². The first-order chi connectivity index (χ1) is 8.39. The second-order valence-corrected chi connectivity index (χ2v) is 5.19. The predicted octanol–water partition coefficient (Wildman–Crippen LogP) is 2.33. The molecule has 5 nitrogen and oxygen atoms in total. The number of carboxylic acids is 1. The highest BCUT2D eigenvalue weighted by Crippen LogP contribution is 2.22. The zero-order chi connectivity index (χ0) is 13.8. The van der Waals surface area contributed by atoms with Crippen molar-refractivity contribution in [3.05, 3.63) is 17.4 Å². The van der Waals surface area contributed by atoms with Crippen molar-refractivity contribution >= 4 is 17.6 Å². The van der Waals surface area contributed by atoms with Crippen molar-refractivity contribution < 1.29 is 9.90 Å². The van der Waals surface area contributed by atoms with Crippen LogP contribution >= 0.6 is 11.6 Å². The topological polar surface area (TPSA) is 67.2 Å². The molecule has 0 aliphatic heterocycles. The lowest BCUT2D eigenvalue weighted by Crippen LogP contribution is -2.51. The van der Waals surface area contributed by atoms with Gasteiger partial charge in [0.1, 0.15) is 5.54 Å². The van der Waals surface area contributed by atoms with Crippen molar-refractivity contribution in [3.8, 4) is 0 Å². The maximum absolute atomic E-state index is 11.4. The van der Waals surface area contributed by atoms with E-state index in [2.05, 4.69) is 10.4 Å². The average Bonchev–Trinajstić information content (AvgIpc) is 2.73. The van der Waals surface area contributed by atoms with Gasteiger partial charge in [0, 0.05) is 6.20 Å². The summed E-state index contributed by atoms with van der Waals surface area (Å²) in [5.41, 5.74) is -0.951. The largest absolute Gasteiger partial charge is 0.480 e. The SMILES string of the molecule is CCCNC(C)(CC(C)n1cc(Cl)cn1)C(=O)O. The summed E-state index contributed by atoms with van der Waals surface area (Å²) in [6, 6.07) is -0.0389. The molecule has 102 valence electrons. The Morgan fingerprint density at radius 3 is 2.83 bits per heavy atom. The molecule has 0 amide bonds. The van der Waals surface area contributed by atoms with Gasteiger partial charge in [-0.15, -0.1) is 0 Å². The van der Waals surface area contributed by atoms with E-state index in [1.54, 1.807) is 24.0 Å². The quantitative estimate of drug-likeness (QED) is 0.800. The molecule has 0 aliphatic rings. The van der Waals surface area contributed by atoms with Gasteiger partial charge in [-0.1, -0.05) is 18.5 Å². The van der Waals surface area contributed by atoms with Gasteiger partial charge in [-0.25, -0.2) is 0 Å². The van der Waals surface area contributed by atoms with E-state index < -0.39 is 11.5 Å². The minimum absolute atomic E-state index is 0.0389. The minimum atomic E-state index is -0.951. The molecule has 0 saturated heterocycles. The van der Waals surface area contributed by atoms with E-state index >= 15 is 0 Å². The van der Waals surface area contributed by atoms with Crippen molar-refractivity contribution in [2.75, 3.05) is 6.54 Å². The molecule has 0 saturated carbocycles. The van der Waals surface area contributed by atoms with Crippen LogP contribution in [-0.2, 0) is 4.79 Å². The highest BCUT2D eigenvalue weighted by Gasteiger charge is 2.34. The van der Waals surface area contributed by atoms with Crippen molar-refractivity contribution in [1.82, 2.24) is 15.1 Å². The number of nitrogens with zero attached hydrogens (tertiary/aromatic N) is 2. The zero-order valence-electron chi connectivity index (χ0n) is 11.0. The third-order valence-corrected chi connectivity index (χ3v) is 3.16. The Labute approximate surface area is 112 Å². The molecule has 0 spiro atoms. The average molecular weight is 274 g/mol. The number of rotatable bonds is 7. The van der Waals surface area contributed by atoms with Gasteiger partial charge in [0.25, 0.3) is 0 Å². The molecule has 2 unspecified atom stereocenters. The van der Waals surface area contributed by atoms with Crippen molar-refractivity contribution in [3.63, 3.8) is 0 Å². The van der Waals surface area contributed by atoms with E-state index in [9.17, 15) is 9.90 Å². The Bertz CT molecular complexity index is 408. The fraction of sp³-hybridized carbons (Fsp3) is 0.667. The molecule has 2 N–H and O–H groups in total. The first-order valence-electron chi connectivity index (χ1n) is 6.07. The number of carbonyl (C=O) groups is 1. The Morgan fingerprint density at radius 2 is 2.39 bits per heavy atom. The van der Waals surface area contributed by atoms with E-state index in [-0.39, 0.29) is 6.04 Å². The number of hydrogen-bond acceptors (Lipinski definition) is 3. The Morgan fingerprint density at radius 1 is 1.72 bits per heavy atom. The monoisotopic (exact) mass is 273 g/mol. The maximum Gasteiger partial charge on any atom is 0.323 e. The molecule has 0 aromatic carbocycles. The predicted molar refractivity (Wildman–Crippen MR) is 70.9 cm³/mol. The third kappa shape index (κ3) is 3.71. The summed E-state index contributed by atoms with van der Waals surface area (Å²) >= 11 is 5.81. The van der Waals surface area contributed by atoms with Gasteiger partial charge in [-0.05, 0) is 33.2 Å². The standard InChI is InChI=1S/C12H20ClN3O2/c1-4-5-14-12(3,11(17)18)6-9(2)16-8-10(13)7-15-16/h7-9,14H,4-6H2,1-3H3,(H,17,18). The lowest BCUT2D eigenvalue weighted by atomic mass is 9.93. The first-order valence-corrected chi connectivity index (χ1v) is 6.45. The highest BCUT2D eigenvalue weighted by molar-refractivity contribution is 6.30. The van der Waals surface area contributed by atoms with Crippen LogP contribution < -0.4 is 5.32 Å². The van der Waals surface area contributed by atoms with E-state index in [1.165, 1.54) is 0 Å². The molecular formula is C12H20ClN3O2. The van der Waals surface area contributed by atoms with Crippen molar-refractivity contribution in [2.45, 2.75) is 45.2 Å².